The number of benzene rings is 1. The minimum atomic E-state index is -0.661. The van der Waals surface area contributed by atoms with Crippen molar-refractivity contribution in [2.24, 2.45) is 0 Å². The van der Waals surface area contributed by atoms with Gasteiger partial charge in [-0.25, -0.2) is 0 Å². The van der Waals surface area contributed by atoms with E-state index in [0.717, 1.165) is 5.56 Å². The Morgan fingerprint density at radius 1 is 1.39 bits per heavy atom. The van der Waals surface area contributed by atoms with Gasteiger partial charge in [0.15, 0.2) is 11.5 Å². The monoisotopic (exact) mass is 323 g/mol. The summed E-state index contributed by atoms with van der Waals surface area (Å²) in [4.78, 5) is 11.9. The first kappa shape index (κ1) is 16.6. The molecule has 124 valence electrons. The number of methoxy groups -OCH3 is 2. The van der Waals surface area contributed by atoms with E-state index in [4.69, 9.17) is 14.6 Å². The summed E-state index contributed by atoms with van der Waals surface area (Å²) in [5.74, 6) is 0.547. The van der Waals surface area contributed by atoms with E-state index in [2.05, 4.69) is 15.1 Å². The summed E-state index contributed by atoms with van der Waals surface area (Å²) in [7, 11) is 3.09. The zero-order valence-electron chi connectivity index (χ0n) is 12.7. The van der Waals surface area contributed by atoms with Gasteiger partial charge in [0.1, 0.15) is 6.61 Å². The lowest BCUT2D eigenvalue weighted by Crippen LogP contribution is -2.38. The van der Waals surface area contributed by atoms with Gasteiger partial charge >= 0.3 is 0 Å². The van der Waals surface area contributed by atoms with E-state index in [1.807, 2.05) is 6.07 Å². The molecule has 0 atom stereocenters. The topological polar surface area (TPSA) is 121 Å². The molecule has 9 heteroatoms. The molecule has 0 bridgehead atoms. The molecule has 0 aliphatic carbocycles. The Kier molecular flexibility index (Phi) is 5.36. The third-order valence-electron chi connectivity index (χ3n) is 3.19. The summed E-state index contributed by atoms with van der Waals surface area (Å²) < 4.78 is 14.6. The minimum Gasteiger partial charge on any atom is -0.493 e. The molecule has 0 spiro atoms. The van der Waals surface area contributed by atoms with Crippen LogP contribution in [0.15, 0.2) is 22.8 Å². The quantitative estimate of drug-likeness (QED) is 0.676. The van der Waals surface area contributed by atoms with E-state index in [9.17, 15) is 10.0 Å². The number of nitrogens with zero attached hydrogens (tertiary/aromatic N) is 2. The fourth-order valence-corrected chi connectivity index (χ4v) is 2.03. The van der Waals surface area contributed by atoms with Crippen molar-refractivity contribution in [3.63, 3.8) is 0 Å². The molecule has 2 rings (SSSR count). The Morgan fingerprint density at radius 3 is 2.78 bits per heavy atom. The van der Waals surface area contributed by atoms with E-state index >= 15 is 0 Å². The molecule has 0 saturated heterocycles. The number of amides is 1. The second-order valence-electron chi connectivity index (χ2n) is 4.58. The molecule has 0 unspecified atom stereocenters. The predicted octanol–water partition coefficient (Wildman–Crippen LogP) is -0.210. The number of aromatic nitrogens is 2. The predicted molar refractivity (Wildman–Crippen MR) is 77.0 cm³/mol. The van der Waals surface area contributed by atoms with Gasteiger partial charge < -0.3 is 25.1 Å². The Balaban J connectivity index is 1.97. The van der Waals surface area contributed by atoms with Crippen LogP contribution in [0.2, 0.25) is 0 Å². The van der Waals surface area contributed by atoms with Crippen LogP contribution in [-0.2, 0) is 13.0 Å². The van der Waals surface area contributed by atoms with Crippen molar-refractivity contribution < 1.29 is 28.9 Å². The third kappa shape index (κ3) is 3.69. The van der Waals surface area contributed by atoms with Gasteiger partial charge in [-0.3, -0.25) is 9.42 Å². The zero-order chi connectivity index (χ0) is 16.8. The van der Waals surface area contributed by atoms with Crippen LogP contribution in [0.5, 0.6) is 11.5 Å². The molecular formula is C14H17N3O6. The highest BCUT2D eigenvalue weighted by atomic mass is 16.8. The number of hydrogen-bond acceptors (Lipinski definition) is 7. The maximum absolute atomic E-state index is 11.9. The highest BCUT2D eigenvalue weighted by Crippen LogP contribution is 2.27. The van der Waals surface area contributed by atoms with Crippen molar-refractivity contribution in [3.05, 3.63) is 40.4 Å². The number of ether oxygens (including phenoxy) is 2. The average Bonchev–Trinajstić information content (AvgIpc) is 2.95. The SMILES string of the molecule is COc1ccc(CCNC(=O)c2c(CO)no[n+]2[O-])cc1OC. The fourth-order valence-electron chi connectivity index (χ4n) is 2.03. The van der Waals surface area contributed by atoms with Gasteiger partial charge in [0.25, 0.3) is 17.3 Å². The first-order valence-electron chi connectivity index (χ1n) is 6.79. The molecular weight excluding hydrogens is 306 g/mol. The van der Waals surface area contributed by atoms with E-state index in [1.54, 1.807) is 26.4 Å². The number of carbonyl (C=O) groups is 1. The van der Waals surface area contributed by atoms with E-state index in [-0.39, 0.29) is 22.8 Å². The van der Waals surface area contributed by atoms with Crippen LogP contribution in [-0.4, -0.2) is 36.9 Å². The Bertz CT molecular complexity index is 685. The first-order valence-corrected chi connectivity index (χ1v) is 6.79. The first-order chi connectivity index (χ1) is 11.1. The number of aliphatic hydroxyl groups excluding tert-OH is 1. The smallest absolute Gasteiger partial charge is 0.299 e. The van der Waals surface area contributed by atoms with Crippen molar-refractivity contribution in [1.82, 2.24) is 10.5 Å². The number of rotatable bonds is 7. The van der Waals surface area contributed by atoms with E-state index in [0.29, 0.717) is 17.9 Å². The van der Waals surface area contributed by atoms with E-state index < -0.39 is 12.5 Å². The maximum atomic E-state index is 11.9. The van der Waals surface area contributed by atoms with Crippen molar-refractivity contribution in [3.8, 4) is 11.5 Å². The number of nitrogens with one attached hydrogen (secondary N) is 1. The lowest BCUT2D eigenvalue weighted by atomic mass is 10.1. The number of aliphatic hydroxyl groups is 1. The van der Waals surface area contributed by atoms with E-state index in [1.165, 1.54) is 0 Å². The Labute approximate surface area is 132 Å². The molecule has 1 amide bonds. The van der Waals surface area contributed by atoms with Gasteiger partial charge in [-0.1, -0.05) is 6.07 Å². The van der Waals surface area contributed by atoms with Crippen LogP contribution < -0.4 is 19.7 Å². The molecule has 0 radical (unpaired) electrons. The van der Waals surface area contributed by atoms with Crippen LogP contribution in [0.4, 0.5) is 0 Å². The van der Waals surface area contributed by atoms with Crippen LogP contribution in [0.3, 0.4) is 0 Å². The Morgan fingerprint density at radius 2 is 2.13 bits per heavy atom. The van der Waals surface area contributed by atoms with Gasteiger partial charge in [-0.2, -0.15) is 0 Å². The van der Waals surface area contributed by atoms with Gasteiger partial charge in [0.2, 0.25) is 0 Å². The molecule has 1 heterocycles. The molecule has 23 heavy (non-hydrogen) atoms. The largest absolute Gasteiger partial charge is 0.493 e. The lowest BCUT2D eigenvalue weighted by Gasteiger charge is -2.09. The zero-order valence-corrected chi connectivity index (χ0v) is 12.7. The van der Waals surface area contributed by atoms with Crippen LogP contribution in [0.1, 0.15) is 21.7 Å². The van der Waals surface area contributed by atoms with Crippen molar-refractivity contribution in [2.45, 2.75) is 13.0 Å². The second-order valence-corrected chi connectivity index (χ2v) is 4.58. The standard InChI is InChI=1S/C14H17N3O6/c1-21-11-4-3-9(7-12(11)22-2)5-6-15-14(19)13-10(8-18)16-23-17(13)20/h3-4,7,18H,5-6,8H2,1-2H3,(H,15,19). The van der Waals surface area contributed by atoms with Gasteiger partial charge in [0, 0.05) is 11.7 Å². The van der Waals surface area contributed by atoms with Crippen molar-refractivity contribution >= 4 is 5.91 Å². The molecule has 0 saturated carbocycles. The minimum absolute atomic E-state index is 0.0305. The third-order valence-corrected chi connectivity index (χ3v) is 3.19. The average molecular weight is 323 g/mol. The lowest BCUT2D eigenvalue weighted by molar-refractivity contribution is -0.803. The molecule has 2 N–H and O–H groups in total. The highest BCUT2D eigenvalue weighted by Gasteiger charge is 2.25. The maximum Gasteiger partial charge on any atom is 0.299 e. The summed E-state index contributed by atoms with van der Waals surface area (Å²) in [6, 6.07) is 5.42. The molecule has 1 aromatic heterocycles. The van der Waals surface area contributed by atoms with Gasteiger partial charge in [0.05, 0.1) is 14.2 Å². The summed E-state index contributed by atoms with van der Waals surface area (Å²) >= 11 is 0. The summed E-state index contributed by atoms with van der Waals surface area (Å²) in [6.07, 6.45) is 0.519. The molecule has 0 fully saturated rings. The van der Waals surface area contributed by atoms with Gasteiger partial charge in [-0.05, 0) is 29.0 Å². The number of carbonyl (C=O) groups excluding carboxylic acids is 1. The molecule has 1 aromatic carbocycles. The fraction of sp³-hybridized carbons (Fsp3) is 0.357. The Hall–Kier alpha value is -2.81. The summed E-state index contributed by atoms with van der Waals surface area (Å²) in [5.41, 5.74) is 0.467. The van der Waals surface area contributed by atoms with Crippen LogP contribution >= 0.6 is 0 Å². The molecule has 9 nitrogen and oxygen atoms in total. The van der Waals surface area contributed by atoms with Gasteiger partial charge in [-0.15, -0.1) is 0 Å². The summed E-state index contributed by atoms with van der Waals surface area (Å²) in [6.45, 7) is -0.276. The second kappa shape index (κ2) is 7.45. The van der Waals surface area contributed by atoms with Crippen molar-refractivity contribution in [2.75, 3.05) is 20.8 Å². The van der Waals surface area contributed by atoms with Crippen LogP contribution in [0.25, 0.3) is 0 Å². The molecule has 0 aliphatic heterocycles. The summed E-state index contributed by atoms with van der Waals surface area (Å²) in [5, 5.41) is 26.2. The van der Waals surface area contributed by atoms with Crippen molar-refractivity contribution in [1.29, 1.82) is 0 Å². The molecule has 0 aliphatic rings. The number of hydrogen-bond donors (Lipinski definition) is 2. The molecule has 2 aromatic rings. The van der Waals surface area contributed by atoms with Crippen LogP contribution in [0, 0.1) is 5.21 Å². The normalized spacial score (nSPS) is 10.4. The highest BCUT2D eigenvalue weighted by molar-refractivity contribution is 5.91.